The molecule has 1 saturated carbocycles. The molecule has 1 aliphatic heterocycles. The fourth-order valence-corrected chi connectivity index (χ4v) is 4.07. The van der Waals surface area contributed by atoms with Crippen LogP contribution >= 0.6 is 0 Å². The number of aryl methyl sites for hydroxylation is 1. The van der Waals surface area contributed by atoms with Crippen LogP contribution in [0.5, 0.6) is 0 Å². The van der Waals surface area contributed by atoms with Crippen LogP contribution in [-0.2, 0) is 16.0 Å². The van der Waals surface area contributed by atoms with Crippen LogP contribution in [0.25, 0.3) is 10.9 Å². The van der Waals surface area contributed by atoms with Gasteiger partial charge in [-0.25, -0.2) is 4.39 Å². The first kappa shape index (κ1) is 14.7. The fourth-order valence-electron chi connectivity index (χ4n) is 4.07. The maximum absolute atomic E-state index is 13.6. The number of hydrogen-bond acceptors (Lipinski definition) is 2. The van der Waals surface area contributed by atoms with Crippen LogP contribution < -0.4 is 0 Å². The van der Waals surface area contributed by atoms with Crippen molar-refractivity contribution in [1.82, 2.24) is 9.88 Å². The highest BCUT2D eigenvalue weighted by Crippen LogP contribution is 2.31. The summed E-state index contributed by atoms with van der Waals surface area (Å²) in [7, 11) is 0. The minimum absolute atomic E-state index is 0.124. The minimum atomic E-state index is -0.271. The lowest BCUT2D eigenvalue weighted by Crippen LogP contribution is -2.51. The van der Waals surface area contributed by atoms with Crippen LogP contribution in [-0.4, -0.2) is 41.1 Å². The van der Waals surface area contributed by atoms with E-state index in [1.165, 1.54) is 12.1 Å². The Morgan fingerprint density at radius 3 is 3.17 bits per heavy atom. The molecule has 2 fully saturated rings. The van der Waals surface area contributed by atoms with E-state index < -0.39 is 0 Å². The van der Waals surface area contributed by atoms with Gasteiger partial charge in [-0.15, -0.1) is 0 Å². The first-order valence-electron chi connectivity index (χ1n) is 8.31. The Kier molecular flexibility index (Phi) is 3.60. The van der Waals surface area contributed by atoms with Crippen LogP contribution in [0.4, 0.5) is 4.39 Å². The predicted molar refractivity (Wildman–Crippen MR) is 85.8 cm³/mol. The van der Waals surface area contributed by atoms with E-state index in [2.05, 4.69) is 4.98 Å². The molecule has 122 valence electrons. The van der Waals surface area contributed by atoms with Gasteiger partial charge in [-0.3, -0.25) is 4.79 Å². The smallest absolute Gasteiger partial charge is 0.227 e. The van der Waals surface area contributed by atoms with E-state index in [0.29, 0.717) is 19.6 Å². The van der Waals surface area contributed by atoms with Crippen LogP contribution in [0.15, 0.2) is 18.2 Å². The number of benzene rings is 1. The molecule has 0 radical (unpaired) electrons. The number of halogens is 1. The summed E-state index contributed by atoms with van der Waals surface area (Å²) >= 11 is 0. The van der Waals surface area contributed by atoms with E-state index in [4.69, 9.17) is 4.74 Å². The molecule has 2 atom stereocenters. The third kappa shape index (κ3) is 2.53. The summed E-state index contributed by atoms with van der Waals surface area (Å²) in [6.07, 6.45) is 3.72. The number of carbonyl (C=O) groups excluding carboxylic acids is 1. The number of rotatable bonds is 2. The first-order valence-corrected chi connectivity index (χ1v) is 8.31. The predicted octanol–water partition coefficient (Wildman–Crippen LogP) is 2.94. The fraction of sp³-hybridized carbons (Fsp3) is 0.500. The second kappa shape index (κ2) is 5.64. The van der Waals surface area contributed by atoms with Gasteiger partial charge in [0.2, 0.25) is 5.91 Å². The molecular weight excluding hydrogens is 295 g/mol. The van der Waals surface area contributed by atoms with Crippen molar-refractivity contribution in [2.75, 3.05) is 13.2 Å². The molecule has 0 spiro atoms. The molecule has 1 saturated heterocycles. The lowest BCUT2D eigenvalue weighted by atomic mass is 10.0. The highest BCUT2D eigenvalue weighted by molar-refractivity contribution is 5.90. The van der Waals surface area contributed by atoms with Crippen molar-refractivity contribution in [1.29, 1.82) is 0 Å². The molecule has 2 aromatic rings. The number of aromatic nitrogens is 1. The van der Waals surface area contributed by atoms with Crippen LogP contribution in [0.1, 0.15) is 30.5 Å². The summed E-state index contributed by atoms with van der Waals surface area (Å²) in [5, 5.41) is 0.812. The van der Waals surface area contributed by atoms with Gasteiger partial charge in [0.1, 0.15) is 5.82 Å². The maximum atomic E-state index is 13.6. The molecule has 1 aromatic heterocycles. The van der Waals surface area contributed by atoms with Gasteiger partial charge in [-0.1, -0.05) is 0 Å². The Hall–Kier alpha value is -1.88. The van der Waals surface area contributed by atoms with Gasteiger partial charge in [0.15, 0.2) is 0 Å². The Morgan fingerprint density at radius 2 is 2.30 bits per heavy atom. The van der Waals surface area contributed by atoms with E-state index in [-0.39, 0.29) is 23.9 Å². The van der Waals surface area contributed by atoms with E-state index in [0.717, 1.165) is 41.4 Å². The third-order valence-corrected chi connectivity index (χ3v) is 5.21. The third-order valence-electron chi connectivity index (χ3n) is 5.21. The number of ether oxygens (including phenoxy) is 1. The van der Waals surface area contributed by atoms with E-state index in [1.54, 1.807) is 6.07 Å². The first-order chi connectivity index (χ1) is 11.1. The molecule has 2 heterocycles. The maximum Gasteiger partial charge on any atom is 0.227 e. The van der Waals surface area contributed by atoms with Crippen LogP contribution in [0, 0.1) is 12.7 Å². The monoisotopic (exact) mass is 316 g/mol. The Bertz CT molecular complexity index is 755. The molecule has 1 N–H and O–H groups in total. The Labute approximate surface area is 134 Å². The van der Waals surface area contributed by atoms with E-state index in [1.807, 2.05) is 11.8 Å². The molecule has 1 aromatic carbocycles. The van der Waals surface area contributed by atoms with Gasteiger partial charge >= 0.3 is 0 Å². The summed E-state index contributed by atoms with van der Waals surface area (Å²) in [5.41, 5.74) is 2.73. The van der Waals surface area contributed by atoms with Gasteiger partial charge in [0.05, 0.1) is 25.2 Å². The SMILES string of the molecule is Cc1[nH]c2ccc(F)cc2c1CC(=O)N1CCO[C@@H]2CCC[C@H]21. The largest absolute Gasteiger partial charge is 0.374 e. The van der Waals surface area contributed by atoms with Crippen LogP contribution in [0.2, 0.25) is 0 Å². The molecule has 1 amide bonds. The van der Waals surface area contributed by atoms with E-state index >= 15 is 0 Å². The van der Waals surface area contributed by atoms with Gasteiger partial charge in [-0.05, 0) is 49.9 Å². The Morgan fingerprint density at radius 1 is 1.43 bits per heavy atom. The van der Waals surface area contributed by atoms with Crippen molar-refractivity contribution >= 4 is 16.8 Å². The molecule has 1 aliphatic carbocycles. The topological polar surface area (TPSA) is 45.3 Å². The van der Waals surface area contributed by atoms with E-state index in [9.17, 15) is 9.18 Å². The average molecular weight is 316 g/mol. The zero-order valence-electron chi connectivity index (χ0n) is 13.3. The van der Waals surface area contributed by atoms with Crippen molar-refractivity contribution in [3.8, 4) is 0 Å². The highest BCUT2D eigenvalue weighted by Gasteiger charge is 2.38. The highest BCUT2D eigenvalue weighted by atomic mass is 19.1. The normalized spacial score (nSPS) is 24.2. The average Bonchev–Trinajstić information content (AvgIpc) is 3.12. The number of aromatic amines is 1. The molecule has 2 aliphatic rings. The van der Waals surface area contributed by atoms with Crippen LogP contribution in [0.3, 0.4) is 0 Å². The van der Waals surface area contributed by atoms with Gasteiger partial charge in [0, 0.05) is 23.1 Å². The molecule has 4 nitrogen and oxygen atoms in total. The molecular formula is C18H21FN2O2. The summed E-state index contributed by atoms with van der Waals surface area (Å²) in [6, 6.07) is 4.90. The summed E-state index contributed by atoms with van der Waals surface area (Å²) in [4.78, 5) is 18.1. The van der Waals surface area contributed by atoms with Gasteiger partial charge in [-0.2, -0.15) is 0 Å². The second-order valence-electron chi connectivity index (χ2n) is 6.59. The number of carbonyl (C=O) groups is 1. The number of morpholine rings is 1. The molecule has 5 heteroatoms. The second-order valence-corrected chi connectivity index (χ2v) is 6.59. The number of H-pyrrole nitrogens is 1. The number of nitrogens with one attached hydrogen (secondary N) is 1. The summed E-state index contributed by atoms with van der Waals surface area (Å²) in [5.74, 6) is -0.147. The zero-order chi connectivity index (χ0) is 16.0. The summed E-state index contributed by atoms with van der Waals surface area (Å²) < 4.78 is 19.3. The molecule has 4 rings (SSSR count). The minimum Gasteiger partial charge on any atom is -0.374 e. The number of nitrogens with zero attached hydrogens (tertiary/aromatic N) is 1. The van der Waals surface area contributed by atoms with Crippen molar-refractivity contribution in [3.63, 3.8) is 0 Å². The van der Waals surface area contributed by atoms with Crippen molar-refractivity contribution in [2.45, 2.75) is 44.8 Å². The lowest BCUT2D eigenvalue weighted by Gasteiger charge is -2.37. The van der Waals surface area contributed by atoms with Crippen molar-refractivity contribution < 1.29 is 13.9 Å². The summed E-state index contributed by atoms with van der Waals surface area (Å²) in [6.45, 7) is 3.22. The zero-order valence-corrected chi connectivity index (χ0v) is 13.3. The molecule has 0 bridgehead atoms. The van der Waals surface area contributed by atoms with Crippen molar-refractivity contribution in [2.24, 2.45) is 0 Å². The Balaban J connectivity index is 1.61. The standard InChI is InChI=1S/C18H21FN2O2/c1-11-13(14-9-12(19)5-6-15(14)20-11)10-18(22)21-7-8-23-17-4-2-3-16(17)21/h5-6,9,16-17,20H,2-4,7-8,10H2,1H3/t16-,17-/m1/s1. The van der Waals surface area contributed by atoms with Gasteiger partial charge in [0.25, 0.3) is 0 Å². The number of amides is 1. The molecule has 23 heavy (non-hydrogen) atoms. The van der Waals surface area contributed by atoms with Gasteiger partial charge < -0.3 is 14.6 Å². The quantitative estimate of drug-likeness (QED) is 0.926. The number of hydrogen-bond donors (Lipinski definition) is 1. The van der Waals surface area contributed by atoms with Crippen molar-refractivity contribution in [3.05, 3.63) is 35.3 Å². The lowest BCUT2D eigenvalue weighted by molar-refractivity contribution is -0.143. The number of fused-ring (bicyclic) bond motifs is 2. The molecule has 0 unspecified atom stereocenters.